The smallest absolute Gasteiger partial charge is 0.357 e. The van der Waals surface area contributed by atoms with Crippen molar-refractivity contribution in [2.24, 2.45) is 0 Å². The van der Waals surface area contributed by atoms with Gasteiger partial charge in [0.05, 0.1) is 11.3 Å². The molecule has 0 atom stereocenters. The predicted octanol–water partition coefficient (Wildman–Crippen LogP) is 1.07. The fourth-order valence-electron chi connectivity index (χ4n) is 1.07. The van der Waals surface area contributed by atoms with Gasteiger partial charge in [0, 0.05) is 6.20 Å². The zero-order chi connectivity index (χ0) is 10.1. The number of aromatic amines is 1. The molecule has 2 aromatic rings. The van der Waals surface area contributed by atoms with E-state index in [4.69, 9.17) is 9.52 Å². The van der Waals surface area contributed by atoms with E-state index in [9.17, 15) is 4.79 Å². The molecule has 2 rings (SSSR count). The normalized spacial score (nSPS) is 10.4. The van der Waals surface area contributed by atoms with E-state index in [0.717, 1.165) is 6.26 Å². The lowest BCUT2D eigenvalue weighted by Crippen LogP contribution is -1.95. The number of aromatic nitrogens is 3. The average Bonchev–Trinajstić information content (AvgIpc) is 2.71. The molecule has 0 saturated heterocycles. The molecule has 0 aromatic carbocycles. The molecule has 2 N–H and O–H groups in total. The number of H-pyrrole nitrogens is 1. The summed E-state index contributed by atoms with van der Waals surface area (Å²) in [5, 5.41) is 15.1. The molecule has 0 amide bonds. The molecule has 0 aliphatic rings. The van der Waals surface area contributed by atoms with Gasteiger partial charge in [0.2, 0.25) is 5.89 Å². The third kappa shape index (κ3) is 1.26. The highest BCUT2D eigenvalue weighted by atomic mass is 16.4. The average molecular weight is 193 g/mol. The van der Waals surface area contributed by atoms with Crippen molar-refractivity contribution in [1.29, 1.82) is 0 Å². The van der Waals surface area contributed by atoms with Crippen molar-refractivity contribution in [1.82, 2.24) is 15.2 Å². The van der Waals surface area contributed by atoms with Crippen molar-refractivity contribution in [2.45, 2.75) is 6.92 Å². The predicted molar refractivity (Wildman–Crippen MR) is 45.8 cm³/mol. The maximum Gasteiger partial charge on any atom is 0.357 e. The molecule has 0 bridgehead atoms. The van der Waals surface area contributed by atoms with Gasteiger partial charge in [-0.05, 0) is 6.92 Å². The molecule has 14 heavy (non-hydrogen) atoms. The van der Waals surface area contributed by atoms with Crippen LogP contribution in [0, 0.1) is 6.92 Å². The number of oxazole rings is 1. The first-order valence-corrected chi connectivity index (χ1v) is 3.88. The number of carboxylic acids is 1. The van der Waals surface area contributed by atoms with Crippen LogP contribution in [0.3, 0.4) is 0 Å². The van der Waals surface area contributed by atoms with E-state index in [-0.39, 0.29) is 11.6 Å². The first-order valence-electron chi connectivity index (χ1n) is 3.88. The molecular formula is C8H7N3O3. The van der Waals surface area contributed by atoms with Gasteiger partial charge in [-0.15, -0.1) is 0 Å². The zero-order valence-electron chi connectivity index (χ0n) is 7.31. The van der Waals surface area contributed by atoms with Crippen LogP contribution in [0.1, 0.15) is 16.2 Å². The number of hydrogen-bond acceptors (Lipinski definition) is 4. The van der Waals surface area contributed by atoms with Crippen molar-refractivity contribution in [3.05, 3.63) is 23.8 Å². The zero-order valence-corrected chi connectivity index (χ0v) is 7.31. The van der Waals surface area contributed by atoms with Crippen molar-refractivity contribution in [3.8, 4) is 11.5 Å². The topological polar surface area (TPSA) is 92.0 Å². The number of nitrogens with zero attached hydrogens (tertiary/aromatic N) is 2. The van der Waals surface area contributed by atoms with Crippen molar-refractivity contribution >= 4 is 5.97 Å². The minimum atomic E-state index is -1.11. The third-order valence-electron chi connectivity index (χ3n) is 1.78. The second kappa shape index (κ2) is 2.99. The Morgan fingerprint density at radius 1 is 1.64 bits per heavy atom. The van der Waals surface area contributed by atoms with Crippen molar-refractivity contribution in [2.75, 3.05) is 0 Å². The van der Waals surface area contributed by atoms with E-state index in [0.29, 0.717) is 11.3 Å². The first kappa shape index (κ1) is 8.49. The Balaban J connectivity index is 2.43. The highest BCUT2D eigenvalue weighted by Gasteiger charge is 2.14. The maximum atomic E-state index is 10.5. The van der Waals surface area contributed by atoms with Gasteiger partial charge in [0.25, 0.3) is 0 Å². The Hall–Kier alpha value is -2.11. The Labute approximate surface area is 78.6 Å². The molecule has 0 saturated carbocycles. The number of aryl methyl sites for hydroxylation is 1. The van der Waals surface area contributed by atoms with Gasteiger partial charge >= 0.3 is 5.97 Å². The van der Waals surface area contributed by atoms with Crippen LogP contribution < -0.4 is 0 Å². The first-order chi connectivity index (χ1) is 6.68. The van der Waals surface area contributed by atoms with Crippen molar-refractivity contribution < 1.29 is 14.3 Å². The number of carboxylic acid groups (broad SMARTS) is 1. The van der Waals surface area contributed by atoms with E-state index >= 15 is 0 Å². The standard InChI is InChI=1S/C8H7N3O3/c1-4-5(2-9-11-4)7-10-6(3-14-7)8(12)13/h2-3H,1H3,(H,9,11)(H,12,13). The lowest BCUT2D eigenvalue weighted by molar-refractivity contribution is 0.0690. The SMILES string of the molecule is Cc1n[nH]cc1-c1nc(C(=O)O)co1. The Morgan fingerprint density at radius 3 is 2.93 bits per heavy atom. The van der Waals surface area contributed by atoms with Crippen LogP contribution in [-0.2, 0) is 0 Å². The molecule has 0 aliphatic heterocycles. The lowest BCUT2D eigenvalue weighted by Gasteiger charge is -1.88. The van der Waals surface area contributed by atoms with Crippen LogP contribution >= 0.6 is 0 Å². The van der Waals surface area contributed by atoms with Crippen molar-refractivity contribution in [3.63, 3.8) is 0 Å². The van der Waals surface area contributed by atoms with Crippen LogP contribution in [0.4, 0.5) is 0 Å². The van der Waals surface area contributed by atoms with E-state index in [1.54, 1.807) is 13.1 Å². The third-order valence-corrected chi connectivity index (χ3v) is 1.78. The number of rotatable bonds is 2. The molecule has 0 spiro atoms. The van der Waals surface area contributed by atoms with Crippen LogP contribution in [0.15, 0.2) is 16.9 Å². The van der Waals surface area contributed by atoms with Gasteiger partial charge in [0.15, 0.2) is 5.69 Å². The van der Waals surface area contributed by atoms with Gasteiger partial charge in [0.1, 0.15) is 6.26 Å². The largest absolute Gasteiger partial charge is 0.476 e. The number of aromatic carboxylic acids is 1. The summed E-state index contributed by atoms with van der Waals surface area (Å²) in [5.74, 6) is -0.852. The molecule has 2 aromatic heterocycles. The molecule has 0 fully saturated rings. The van der Waals surface area contributed by atoms with E-state index < -0.39 is 5.97 Å². The highest BCUT2D eigenvalue weighted by molar-refractivity contribution is 5.85. The minimum Gasteiger partial charge on any atom is -0.476 e. The Kier molecular flexibility index (Phi) is 1.81. The number of carbonyl (C=O) groups is 1. The summed E-state index contributed by atoms with van der Waals surface area (Å²) in [6.07, 6.45) is 2.71. The van der Waals surface area contributed by atoms with E-state index in [2.05, 4.69) is 15.2 Å². The molecule has 6 nitrogen and oxygen atoms in total. The van der Waals surface area contributed by atoms with Crippen LogP contribution in [0.2, 0.25) is 0 Å². The van der Waals surface area contributed by atoms with Gasteiger partial charge in [-0.1, -0.05) is 0 Å². The summed E-state index contributed by atoms with van der Waals surface area (Å²) >= 11 is 0. The van der Waals surface area contributed by atoms with Gasteiger partial charge < -0.3 is 9.52 Å². The summed E-state index contributed by atoms with van der Waals surface area (Å²) in [6, 6.07) is 0. The van der Waals surface area contributed by atoms with E-state index in [1.165, 1.54) is 0 Å². The molecule has 0 aliphatic carbocycles. The monoisotopic (exact) mass is 193 g/mol. The summed E-state index contributed by atoms with van der Waals surface area (Å²) < 4.78 is 5.00. The summed E-state index contributed by atoms with van der Waals surface area (Å²) in [6.45, 7) is 1.77. The number of nitrogens with one attached hydrogen (secondary N) is 1. The second-order valence-electron chi connectivity index (χ2n) is 2.73. The van der Waals surface area contributed by atoms with Gasteiger partial charge in [-0.3, -0.25) is 5.10 Å². The number of hydrogen-bond donors (Lipinski definition) is 2. The fraction of sp³-hybridized carbons (Fsp3) is 0.125. The molecule has 2 heterocycles. The van der Waals surface area contributed by atoms with Crippen LogP contribution in [0.5, 0.6) is 0 Å². The van der Waals surface area contributed by atoms with Gasteiger partial charge in [-0.25, -0.2) is 9.78 Å². The quantitative estimate of drug-likeness (QED) is 0.744. The van der Waals surface area contributed by atoms with Crippen LogP contribution in [0.25, 0.3) is 11.5 Å². The second-order valence-corrected chi connectivity index (χ2v) is 2.73. The summed E-state index contributed by atoms with van der Waals surface area (Å²) in [7, 11) is 0. The summed E-state index contributed by atoms with van der Waals surface area (Å²) in [4.78, 5) is 14.3. The van der Waals surface area contributed by atoms with E-state index in [1.807, 2.05) is 0 Å². The minimum absolute atomic E-state index is 0.111. The summed E-state index contributed by atoms with van der Waals surface area (Å²) in [5.41, 5.74) is 1.27. The fourth-order valence-corrected chi connectivity index (χ4v) is 1.07. The molecule has 6 heteroatoms. The lowest BCUT2D eigenvalue weighted by atomic mass is 10.3. The Bertz CT molecular complexity index is 472. The molecular weight excluding hydrogens is 186 g/mol. The highest BCUT2D eigenvalue weighted by Crippen LogP contribution is 2.20. The molecule has 0 radical (unpaired) electrons. The molecule has 72 valence electrons. The Morgan fingerprint density at radius 2 is 2.43 bits per heavy atom. The molecule has 0 unspecified atom stereocenters. The van der Waals surface area contributed by atoms with Crippen LogP contribution in [-0.4, -0.2) is 26.3 Å². The maximum absolute atomic E-state index is 10.5. The van der Waals surface area contributed by atoms with Gasteiger partial charge in [-0.2, -0.15) is 5.10 Å².